The van der Waals surface area contributed by atoms with E-state index >= 15 is 0 Å². The average Bonchev–Trinajstić information content (AvgIpc) is 2.40. The van der Waals surface area contributed by atoms with Crippen LogP contribution in [0.15, 0.2) is 36.5 Å². The Balaban J connectivity index is 1.92. The number of aryl methyl sites for hydroxylation is 1. The van der Waals surface area contributed by atoms with Crippen LogP contribution in [0.25, 0.3) is 0 Å². The summed E-state index contributed by atoms with van der Waals surface area (Å²) in [7, 11) is 0. The molecule has 2 atom stereocenters. The Morgan fingerprint density at radius 3 is 2.89 bits per heavy atom. The Morgan fingerprint density at radius 1 is 1.32 bits per heavy atom. The summed E-state index contributed by atoms with van der Waals surface area (Å²) in [6.07, 6.45) is 2.31. The van der Waals surface area contributed by atoms with Crippen molar-refractivity contribution in [3.63, 3.8) is 0 Å². The zero-order chi connectivity index (χ0) is 13.4. The van der Waals surface area contributed by atoms with Crippen LogP contribution in [0.3, 0.4) is 0 Å². The van der Waals surface area contributed by atoms with Crippen LogP contribution in [0.5, 0.6) is 5.75 Å². The predicted octanol–water partition coefficient (Wildman–Crippen LogP) is 3.05. The van der Waals surface area contributed by atoms with Gasteiger partial charge in [-0.05, 0) is 31.2 Å². The van der Waals surface area contributed by atoms with Gasteiger partial charge in [-0.3, -0.25) is 4.98 Å². The maximum atomic E-state index is 13.2. The molecule has 2 N–H and O–H groups in total. The summed E-state index contributed by atoms with van der Waals surface area (Å²) in [5.41, 5.74) is 8.80. The first-order valence-electron chi connectivity index (χ1n) is 6.28. The normalized spacial score (nSPS) is 21.6. The molecule has 1 unspecified atom stereocenters. The van der Waals surface area contributed by atoms with Crippen LogP contribution in [0.2, 0.25) is 0 Å². The second-order valence-corrected chi connectivity index (χ2v) is 4.86. The van der Waals surface area contributed by atoms with Crippen molar-refractivity contribution in [3.8, 4) is 5.75 Å². The van der Waals surface area contributed by atoms with Crippen LogP contribution in [0, 0.1) is 12.7 Å². The molecule has 0 bridgehead atoms. The van der Waals surface area contributed by atoms with E-state index in [-0.39, 0.29) is 18.0 Å². The van der Waals surface area contributed by atoms with Gasteiger partial charge in [-0.2, -0.15) is 0 Å². The molecule has 1 aromatic carbocycles. The van der Waals surface area contributed by atoms with E-state index in [1.54, 1.807) is 12.3 Å². The van der Waals surface area contributed by atoms with Gasteiger partial charge >= 0.3 is 0 Å². The molecule has 0 radical (unpaired) electrons. The monoisotopic (exact) mass is 258 g/mol. The fourth-order valence-corrected chi connectivity index (χ4v) is 2.35. The molecule has 0 fully saturated rings. The van der Waals surface area contributed by atoms with Crippen LogP contribution in [-0.2, 0) is 0 Å². The summed E-state index contributed by atoms with van der Waals surface area (Å²) < 4.78 is 19.1. The number of ether oxygens (including phenoxy) is 1. The number of rotatable bonds is 1. The number of hydrogen-bond acceptors (Lipinski definition) is 3. The molecule has 19 heavy (non-hydrogen) atoms. The number of fused-ring (bicyclic) bond motifs is 1. The third-order valence-corrected chi connectivity index (χ3v) is 3.41. The second-order valence-electron chi connectivity index (χ2n) is 4.86. The summed E-state index contributed by atoms with van der Waals surface area (Å²) >= 11 is 0. The molecule has 1 aromatic heterocycles. The van der Waals surface area contributed by atoms with E-state index in [0.29, 0.717) is 12.2 Å². The molecule has 1 aliphatic heterocycles. The maximum absolute atomic E-state index is 13.2. The minimum Gasteiger partial charge on any atom is -0.485 e. The van der Waals surface area contributed by atoms with Crippen LogP contribution in [0.4, 0.5) is 4.39 Å². The first-order valence-corrected chi connectivity index (χ1v) is 6.28. The Morgan fingerprint density at radius 2 is 2.16 bits per heavy atom. The Kier molecular flexibility index (Phi) is 2.95. The standard InChI is InChI=1S/C15H15FN2O/c1-9-2-3-10(8-18-9)15-7-13(17)12-6-11(16)4-5-14(12)19-15/h2-6,8,13,15H,7,17H2,1H3/t13-,15?/m1/s1. The molecule has 0 amide bonds. The number of pyridine rings is 1. The van der Waals surface area contributed by atoms with Gasteiger partial charge in [0, 0.05) is 35.5 Å². The van der Waals surface area contributed by atoms with E-state index in [9.17, 15) is 4.39 Å². The lowest BCUT2D eigenvalue weighted by Gasteiger charge is -2.30. The van der Waals surface area contributed by atoms with Crippen molar-refractivity contribution in [2.24, 2.45) is 5.73 Å². The van der Waals surface area contributed by atoms with Gasteiger partial charge in [0.05, 0.1) is 0 Å². The summed E-state index contributed by atoms with van der Waals surface area (Å²) in [6, 6.07) is 8.20. The van der Waals surface area contributed by atoms with Crippen molar-refractivity contribution in [1.29, 1.82) is 0 Å². The molecule has 0 aliphatic carbocycles. The topological polar surface area (TPSA) is 48.1 Å². The molecule has 3 rings (SSSR count). The Labute approximate surface area is 111 Å². The van der Waals surface area contributed by atoms with Crippen LogP contribution >= 0.6 is 0 Å². The van der Waals surface area contributed by atoms with Gasteiger partial charge in [0.15, 0.2) is 0 Å². The average molecular weight is 258 g/mol. The molecule has 4 heteroatoms. The fourth-order valence-electron chi connectivity index (χ4n) is 2.35. The van der Waals surface area contributed by atoms with Gasteiger partial charge in [-0.25, -0.2) is 4.39 Å². The van der Waals surface area contributed by atoms with Crippen molar-refractivity contribution in [2.45, 2.75) is 25.5 Å². The fraction of sp³-hybridized carbons (Fsp3) is 0.267. The smallest absolute Gasteiger partial charge is 0.127 e. The highest BCUT2D eigenvalue weighted by Crippen LogP contribution is 2.39. The largest absolute Gasteiger partial charge is 0.485 e. The van der Waals surface area contributed by atoms with E-state index in [1.165, 1.54) is 12.1 Å². The van der Waals surface area contributed by atoms with Gasteiger partial charge in [0.2, 0.25) is 0 Å². The van der Waals surface area contributed by atoms with Crippen molar-refractivity contribution in [2.75, 3.05) is 0 Å². The molecule has 0 saturated carbocycles. The lowest BCUT2D eigenvalue weighted by Crippen LogP contribution is -2.24. The molecule has 3 nitrogen and oxygen atoms in total. The first kappa shape index (κ1) is 12.1. The Bertz CT molecular complexity index is 598. The molecule has 0 spiro atoms. The lowest BCUT2D eigenvalue weighted by molar-refractivity contribution is 0.160. The second kappa shape index (κ2) is 4.63. The number of hydrogen-bond donors (Lipinski definition) is 1. The molecule has 2 aromatic rings. The zero-order valence-electron chi connectivity index (χ0n) is 10.6. The first-order chi connectivity index (χ1) is 9.13. The maximum Gasteiger partial charge on any atom is 0.127 e. The summed E-state index contributed by atoms with van der Waals surface area (Å²) in [6.45, 7) is 1.94. The summed E-state index contributed by atoms with van der Waals surface area (Å²) in [5.74, 6) is 0.374. The van der Waals surface area contributed by atoms with Crippen LogP contribution in [0.1, 0.15) is 35.4 Å². The van der Waals surface area contributed by atoms with Crippen LogP contribution in [-0.4, -0.2) is 4.98 Å². The summed E-state index contributed by atoms with van der Waals surface area (Å²) in [4.78, 5) is 4.27. The molecular weight excluding hydrogens is 243 g/mol. The van der Waals surface area contributed by atoms with Crippen molar-refractivity contribution in [3.05, 3.63) is 59.2 Å². The van der Waals surface area contributed by atoms with E-state index < -0.39 is 0 Å². The number of nitrogens with two attached hydrogens (primary N) is 1. The van der Waals surface area contributed by atoms with Crippen molar-refractivity contribution < 1.29 is 9.13 Å². The Hall–Kier alpha value is -1.94. The van der Waals surface area contributed by atoms with Gasteiger partial charge < -0.3 is 10.5 Å². The van der Waals surface area contributed by atoms with Crippen LogP contribution < -0.4 is 10.5 Å². The minimum absolute atomic E-state index is 0.124. The van der Waals surface area contributed by atoms with Gasteiger partial charge in [-0.1, -0.05) is 6.07 Å². The molecule has 2 heterocycles. The third kappa shape index (κ3) is 2.31. The van der Waals surface area contributed by atoms with E-state index in [2.05, 4.69) is 4.98 Å². The number of halogens is 1. The van der Waals surface area contributed by atoms with Crippen molar-refractivity contribution in [1.82, 2.24) is 4.98 Å². The van der Waals surface area contributed by atoms with Crippen molar-refractivity contribution >= 4 is 0 Å². The lowest BCUT2D eigenvalue weighted by atomic mass is 9.94. The SMILES string of the molecule is Cc1ccc(C2C[C@@H](N)c3cc(F)ccc3O2)cn1. The predicted molar refractivity (Wildman–Crippen MR) is 70.3 cm³/mol. The highest BCUT2D eigenvalue weighted by atomic mass is 19.1. The van der Waals surface area contributed by atoms with Gasteiger partial charge in [0.25, 0.3) is 0 Å². The van der Waals surface area contributed by atoms with Gasteiger partial charge in [0.1, 0.15) is 17.7 Å². The third-order valence-electron chi connectivity index (χ3n) is 3.41. The van der Waals surface area contributed by atoms with E-state index in [1.807, 2.05) is 19.1 Å². The number of aromatic nitrogens is 1. The molecule has 98 valence electrons. The quantitative estimate of drug-likeness (QED) is 0.855. The number of benzene rings is 1. The summed E-state index contributed by atoms with van der Waals surface area (Å²) in [5, 5.41) is 0. The molecular formula is C15H15FN2O. The van der Waals surface area contributed by atoms with Gasteiger partial charge in [-0.15, -0.1) is 0 Å². The number of nitrogens with zero attached hydrogens (tertiary/aromatic N) is 1. The minimum atomic E-state index is -0.284. The zero-order valence-corrected chi connectivity index (χ0v) is 10.6. The highest BCUT2D eigenvalue weighted by Gasteiger charge is 2.27. The van der Waals surface area contributed by atoms with E-state index in [4.69, 9.17) is 10.5 Å². The highest BCUT2D eigenvalue weighted by molar-refractivity contribution is 5.39. The van der Waals surface area contributed by atoms with E-state index in [0.717, 1.165) is 16.8 Å². The molecule has 1 aliphatic rings. The molecule has 0 saturated heterocycles.